The maximum absolute atomic E-state index is 13.6. The largest absolute Gasteiger partial charge is 0.352 e. The molecule has 10 heteroatoms. The van der Waals surface area contributed by atoms with Crippen molar-refractivity contribution in [3.8, 4) is 0 Å². The predicted molar refractivity (Wildman–Crippen MR) is 151 cm³/mol. The van der Waals surface area contributed by atoms with Crippen molar-refractivity contribution in [3.63, 3.8) is 0 Å². The Morgan fingerprint density at radius 2 is 1.66 bits per heavy atom. The number of rotatable bonds is 9. The number of carbonyl (C=O) groups is 2. The van der Waals surface area contributed by atoms with Crippen LogP contribution in [0, 0.1) is 3.57 Å². The lowest BCUT2D eigenvalue weighted by Gasteiger charge is -2.33. The third-order valence-electron chi connectivity index (χ3n) is 6.18. The van der Waals surface area contributed by atoms with Crippen LogP contribution in [-0.2, 0) is 26.2 Å². The number of nitrogens with zero attached hydrogens (tertiary/aromatic N) is 2. The first kappa shape index (κ1) is 27.9. The van der Waals surface area contributed by atoms with Crippen LogP contribution in [0.15, 0.2) is 53.0 Å². The van der Waals surface area contributed by atoms with E-state index in [1.807, 2.05) is 24.3 Å². The Morgan fingerprint density at radius 1 is 1.06 bits per heavy atom. The quantitative estimate of drug-likeness (QED) is 0.391. The molecule has 1 atom stereocenters. The molecule has 1 aliphatic carbocycles. The predicted octanol–water partition coefficient (Wildman–Crippen LogP) is 4.69. The highest BCUT2D eigenvalue weighted by molar-refractivity contribution is 14.1. The Kier molecular flexibility index (Phi) is 10.00. The Bertz CT molecular complexity index is 1120. The van der Waals surface area contributed by atoms with Gasteiger partial charge < -0.3 is 10.2 Å². The van der Waals surface area contributed by atoms with Gasteiger partial charge in [0.2, 0.25) is 21.8 Å². The lowest BCUT2D eigenvalue weighted by molar-refractivity contribution is -0.139. The normalized spacial score (nSPS) is 15.3. The van der Waals surface area contributed by atoms with E-state index in [1.165, 1.54) is 11.3 Å². The number of nitrogens with one attached hydrogen (secondary N) is 1. The first-order valence-electron chi connectivity index (χ1n) is 11.6. The molecule has 0 aromatic heterocycles. The first-order valence-corrected chi connectivity index (χ1v) is 15.3. The second-order valence-corrected chi connectivity index (χ2v) is 13.0. The molecule has 1 fully saturated rings. The van der Waals surface area contributed by atoms with Crippen molar-refractivity contribution in [2.24, 2.45) is 0 Å². The number of benzene rings is 2. The number of halogens is 2. The first-order chi connectivity index (χ1) is 16.5. The van der Waals surface area contributed by atoms with E-state index in [0.29, 0.717) is 5.69 Å². The molecule has 0 heterocycles. The zero-order chi connectivity index (χ0) is 25.6. The van der Waals surface area contributed by atoms with E-state index in [-0.39, 0.29) is 18.5 Å². The molecule has 1 saturated carbocycles. The van der Waals surface area contributed by atoms with E-state index in [1.54, 1.807) is 31.2 Å². The number of hydrogen-bond donors (Lipinski definition) is 1. The van der Waals surface area contributed by atoms with Crippen molar-refractivity contribution in [3.05, 3.63) is 62.1 Å². The summed E-state index contributed by atoms with van der Waals surface area (Å²) in [5.41, 5.74) is 1.25. The van der Waals surface area contributed by atoms with Crippen molar-refractivity contribution >= 4 is 66.0 Å². The topological polar surface area (TPSA) is 86.8 Å². The fourth-order valence-electron chi connectivity index (χ4n) is 4.16. The Morgan fingerprint density at radius 3 is 2.23 bits per heavy atom. The summed E-state index contributed by atoms with van der Waals surface area (Å²) in [7, 11) is -3.73. The van der Waals surface area contributed by atoms with Crippen LogP contribution in [0.4, 0.5) is 5.69 Å². The van der Waals surface area contributed by atoms with Gasteiger partial charge in [0.05, 0.1) is 11.9 Å². The SMILES string of the molecule is CC(C(=O)NC1CCCCC1)N(Cc1ccc(Br)cc1)C(=O)CN(c1ccc(I)cc1)S(C)(=O)=O. The van der Waals surface area contributed by atoms with Crippen LogP contribution in [0.25, 0.3) is 0 Å². The summed E-state index contributed by atoms with van der Waals surface area (Å²) in [4.78, 5) is 28.2. The molecule has 35 heavy (non-hydrogen) atoms. The second kappa shape index (κ2) is 12.5. The van der Waals surface area contributed by atoms with Crippen LogP contribution in [0.3, 0.4) is 0 Å². The molecule has 7 nitrogen and oxygen atoms in total. The summed E-state index contributed by atoms with van der Waals surface area (Å²) in [6.07, 6.45) is 6.30. The number of amides is 2. The molecule has 0 radical (unpaired) electrons. The lowest BCUT2D eigenvalue weighted by Crippen LogP contribution is -2.52. The molecule has 0 aliphatic heterocycles. The smallest absolute Gasteiger partial charge is 0.244 e. The molecule has 0 saturated heterocycles. The van der Waals surface area contributed by atoms with Gasteiger partial charge in [0.25, 0.3) is 0 Å². The van der Waals surface area contributed by atoms with Gasteiger partial charge in [-0.2, -0.15) is 0 Å². The van der Waals surface area contributed by atoms with Crippen molar-refractivity contribution in [2.45, 2.75) is 57.7 Å². The van der Waals surface area contributed by atoms with E-state index in [4.69, 9.17) is 0 Å². The number of sulfonamides is 1. The van der Waals surface area contributed by atoms with Gasteiger partial charge in [-0.3, -0.25) is 13.9 Å². The molecule has 2 aromatic carbocycles. The fourth-order valence-corrected chi connectivity index (χ4v) is 5.63. The highest BCUT2D eigenvalue weighted by Crippen LogP contribution is 2.22. The van der Waals surface area contributed by atoms with Gasteiger partial charge in [0, 0.05) is 20.6 Å². The van der Waals surface area contributed by atoms with Gasteiger partial charge >= 0.3 is 0 Å². The Balaban J connectivity index is 1.85. The van der Waals surface area contributed by atoms with Crippen molar-refractivity contribution in [2.75, 3.05) is 17.1 Å². The van der Waals surface area contributed by atoms with E-state index in [0.717, 1.165) is 49.9 Å². The summed E-state index contributed by atoms with van der Waals surface area (Å²) < 4.78 is 28.2. The molecular weight excluding hydrogens is 645 g/mol. The molecule has 0 spiro atoms. The van der Waals surface area contributed by atoms with E-state index in [2.05, 4.69) is 43.8 Å². The minimum absolute atomic E-state index is 0.114. The van der Waals surface area contributed by atoms with Crippen molar-refractivity contribution < 1.29 is 18.0 Å². The molecular formula is C25H31BrIN3O4S. The maximum atomic E-state index is 13.6. The lowest BCUT2D eigenvalue weighted by atomic mass is 9.95. The van der Waals surface area contributed by atoms with Crippen LogP contribution in [0.2, 0.25) is 0 Å². The van der Waals surface area contributed by atoms with Crippen LogP contribution < -0.4 is 9.62 Å². The number of hydrogen-bond acceptors (Lipinski definition) is 4. The van der Waals surface area contributed by atoms with E-state index < -0.39 is 28.5 Å². The van der Waals surface area contributed by atoms with E-state index in [9.17, 15) is 18.0 Å². The molecule has 0 bridgehead atoms. The number of carbonyl (C=O) groups excluding carboxylic acids is 2. The highest BCUT2D eigenvalue weighted by Gasteiger charge is 2.31. The zero-order valence-corrected chi connectivity index (χ0v) is 24.5. The molecule has 2 aromatic rings. The summed E-state index contributed by atoms with van der Waals surface area (Å²) in [5, 5.41) is 3.10. The van der Waals surface area contributed by atoms with Crippen LogP contribution >= 0.6 is 38.5 Å². The van der Waals surface area contributed by atoms with Gasteiger partial charge in [-0.1, -0.05) is 47.3 Å². The maximum Gasteiger partial charge on any atom is 0.244 e. The third kappa shape index (κ3) is 8.18. The third-order valence-corrected chi connectivity index (χ3v) is 8.57. The fraction of sp³-hybridized carbons (Fsp3) is 0.440. The van der Waals surface area contributed by atoms with Crippen LogP contribution in [-0.4, -0.2) is 50.0 Å². The minimum Gasteiger partial charge on any atom is -0.352 e. The molecule has 1 N–H and O–H groups in total. The monoisotopic (exact) mass is 675 g/mol. The van der Waals surface area contributed by atoms with Crippen molar-refractivity contribution in [1.82, 2.24) is 10.2 Å². The Hall–Kier alpha value is -1.66. The van der Waals surface area contributed by atoms with Gasteiger partial charge in [-0.25, -0.2) is 8.42 Å². The average molecular weight is 676 g/mol. The summed E-state index contributed by atoms with van der Waals surface area (Å²) in [5.74, 6) is -0.661. The van der Waals surface area contributed by atoms with Crippen LogP contribution in [0.5, 0.6) is 0 Å². The Labute approximate surface area is 230 Å². The minimum atomic E-state index is -3.73. The molecule has 1 aliphatic rings. The standard InChI is InChI=1S/C25H31BrIN3O4S/c1-18(25(32)28-22-6-4-3-5-7-22)29(16-19-8-10-20(26)11-9-19)24(31)17-30(35(2,33)34)23-14-12-21(27)13-15-23/h8-15,18,22H,3-7,16-17H2,1-2H3,(H,28,32). The molecule has 190 valence electrons. The van der Waals surface area contributed by atoms with E-state index >= 15 is 0 Å². The highest BCUT2D eigenvalue weighted by atomic mass is 127. The average Bonchev–Trinajstić information content (AvgIpc) is 2.82. The van der Waals surface area contributed by atoms with Gasteiger partial charge in [-0.05, 0) is 84.3 Å². The molecule has 1 unspecified atom stereocenters. The molecule has 2 amide bonds. The summed E-state index contributed by atoms with van der Waals surface area (Å²) in [6, 6.07) is 13.8. The van der Waals surface area contributed by atoms with Crippen LogP contribution in [0.1, 0.15) is 44.6 Å². The molecule has 3 rings (SSSR count). The second-order valence-electron chi connectivity index (χ2n) is 8.91. The van der Waals surface area contributed by atoms with Crippen molar-refractivity contribution in [1.29, 1.82) is 0 Å². The van der Waals surface area contributed by atoms with Gasteiger partial charge in [-0.15, -0.1) is 0 Å². The summed E-state index contributed by atoms with van der Waals surface area (Å²) >= 11 is 5.55. The van der Waals surface area contributed by atoms with Gasteiger partial charge in [0.1, 0.15) is 12.6 Å². The number of anilines is 1. The summed E-state index contributed by atoms with van der Waals surface area (Å²) in [6.45, 7) is 1.50. The zero-order valence-electron chi connectivity index (χ0n) is 19.9. The van der Waals surface area contributed by atoms with Gasteiger partial charge in [0.15, 0.2) is 0 Å².